The number of carbonyl (C=O) groups excluding carboxylic acids is 3. The molecule has 0 atom stereocenters. The number of piperidine rings is 1. The first-order valence-corrected chi connectivity index (χ1v) is 8.87. The summed E-state index contributed by atoms with van der Waals surface area (Å²) in [5.41, 5.74) is 0.650. The Morgan fingerprint density at radius 1 is 1.16 bits per heavy atom. The highest BCUT2D eigenvalue weighted by molar-refractivity contribution is 6.30. The third-order valence-electron chi connectivity index (χ3n) is 4.16. The molecule has 0 spiro atoms. The number of halogens is 1. The highest BCUT2D eigenvalue weighted by Gasteiger charge is 2.28. The van der Waals surface area contributed by atoms with E-state index in [1.54, 1.807) is 36.1 Å². The summed E-state index contributed by atoms with van der Waals surface area (Å²) in [6.07, 6.45) is 1.51. The normalized spacial score (nSPS) is 14.9. The molecule has 1 aromatic carbocycles. The Bertz CT molecular complexity index is 610. The monoisotopic (exact) mass is 366 g/mol. The van der Waals surface area contributed by atoms with Crippen LogP contribution in [0.5, 0.6) is 0 Å². The molecule has 136 valence electrons. The van der Waals surface area contributed by atoms with Crippen molar-refractivity contribution in [3.8, 4) is 0 Å². The molecule has 0 bridgehead atoms. The fraction of sp³-hybridized carbons (Fsp3) is 0.500. The van der Waals surface area contributed by atoms with Crippen LogP contribution in [0, 0.1) is 5.92 Å². The summed E-state index contributed by atoms with van der Waals surface area (Å²) in [5.74, 6) is -0.584. The number of amides is 2. The van der Waals surface area contributed by atoms with E-state index in [-0.39, 0.29) is 36.5 Å². The molecule has 1 aliphatic rings. The van der Waals surface area contributed by atoms with Gasteiger partial charge in [-0.3, -0.25) is 14.4 Å². The molecule has 1 heterocycles. The molecule has 2 rings (SSSR count). The minimum atomic E-state index is -0.211. The minimum Gasteiger partial charge on any atom is -0.466 e. The van der Waals surface area contributed by atoms with Gasteiger partial charge in [0.15, 0.2) is 0 Å². The lowest BCUT2D eigenvalue weighted by Crippen LogP contribution is -2.40. The lowest BCUT2D eigenvalue weighted by Gasteiger charge is -2.30. The maximum atomic E-state index is 12.2. The van der Waals surface area contributed by atoms with E-state index in [0.717, 1.165) is 0 Å². The Balaban J connectivity index is 1.71. The van der Waals surface area contributed by atoms with Crippen molar-refractivity contribution in [1.29, 1.82) is 0 Å². The van der Waals surface area contributed by atoms with Gasteiger partial charge in [0.25, 0.3) is 0 Å². The number of ether oxygens (including phenoxy) is 1. The smallest absolute Gasteiger partial charge is 0.309 e. The second-order valence-corrected chi connectivity index (χ2v) is 6.40. The first-order chi connectivity index (χ1) is 12.0. The standard InChI is InChI=1S/C18H23ClN2O4/c1-2-25-18(24)13-9-11-21(12-10-13)17(23)8-7-16(22)20-15-5-3-14(19)4-6-15/h3-6,13H,2,7-12H2,1H3,(H,20,22). The van der Waals surface area contributed by atoms with Crippen LogP contribution in [0.15, 0.2) is 24.3 Å². The third-order valence-corrected chi connectivity index (χ3v) is 4.41. The number of anilines is 1. The Morgan fingerprint density at radius 2 is 1.80 bits per heavy atom. The van der Waals surface area contributed by atoms with E-state index in [1.807, 2.05) is 0 Å². The van der Waals surface area contributed by atoms with Gasteiger partial charge in [-0.05, 0) is 44.0 Å². The Labute approximate surface area is 152 Å². The van der Waals surface area contributed by atoms with Crippen LogP contribution in [0.4, 0.5) is 5.69 Å². The zero-order chi connectivity index (χ0) is 18.2. The number of nitrogens with zero attached hydrogens (tertiary/aromatic N) is 1. The molecule has 1 aliphatic heterocycles. The zero-order valence-electron chi connectivity index (χ0n) is 14.3. The van der Waals surface area contributed by atoms with Gasteiger partial charge in [-0.25, -0.2) is 0 Å². The molecule has 2 amide bonds. The van der Waals surface area contributed by atoms with Crippen molar-refractivity contribution in [1.82, 2.24) is 4.90 Å². The topological polar surface area (TPSA) is 75.7 Å². The predicted octanol–water partition coefficient (Wildman–Crippen LogP) is 2.86. The molecule has 1 saturated heterocycles. The number of hydrogen-bond donors (Lipinski definition) is 1. The quantitative estimate of drug-likeness (QED) is 0.785. The van der Waals surface area contributed by atoms with E-state index in [1.165, 1.54) is 0 Å². The second-order valence-electron chi connectivity index (χ2n) is 5.96. The van der Waals surface area contributed by atoms with Crippen LogP contribution < -0.4 is 5.32 Å². The van der Waals surface area contributed by atoms with Gasteiger partial charge >= 0.3 is 5.97 Å². The predicted molar refractivity (Wildman–Crippen MR) is 95.3 cm³/mol. The number of benzene rings is 1. The summed E-state index contributed by atoms with van der Waals surface area (Å²) in [6, 6.07) is 6.80. The van der Waals surface area contributed by atoms with Gasteiger partial charge in [-0.15, -0.1) is 0 Å². The molecular formula is C18H23ClN2O4. The molecule has 0 saturated carbocycles. The summed E-state index contributed by atoms with van der Waals surface area (Å²) in [5, 5.41) is 3.33. The van der Waals surface area contributed by atoms with Crippen molar-refractivity contribution in [2.75, 3.05) is 25.0 Å². The van der Waals surface area contributed by atoms with Crippen molar-refractivity contribution in [2.24, 2.45) is 5.92 Å². The molecule has 25 heavy (non-hydrogen) atoms. The van der Waals surface area contributed by atoms with E-state index in [9.17, 15) is 14.4 Å². The summed E-state index contributed by atoms with van der Waals surface area (Å²) < 4.78 is 5.02. The van der Waals surface area contributed by atoms with Crippen LogP contribution in [-0.4, -0.2) is 42.4 Å². The Kier molecular flexibility index (Phi) is 7.25. The molecule has 1 fully saturated rings. The van der Waals surface area contributed by atoms with Crippen LogP contribution in [0.2, 0.25) is 5.02 Å². The van der Waals surface area contributed by atoms with Gasteiger partial charge in [-0.1, -0.05) is 11.6 Å². The molecule has 1 N–H and O–H groups in total. The number of hydrogen-bond acceptors (Lipinski definition) is 4. The van der Waals surface area contributed by atoms with Gasteiger partial charge in [0, 0.05) is 36.6 Å². The highest BCUT2D eigenvalue weighted by atomic mass is 35.5. The van der Waals surface area contributed by atoms with Crippen molar-refractivity contribution in [3.05, 3.63) is 29.3 Å². The average molecular weight is 367 g/mol. The van der Waals surface area contributed by atoms with Crippen molar-refractivity contribution in [2.45, 2.75) is 32.6 Å². The molecule has 6 nitrogen and oxygen atoms in total. The molecule has 0 aromatic heterocycles. The average Bonchev–Trinajstić information content (AvgIpc) is 2.62. The van der Waals surface area contributed by atoms with Crippen LogP contribution >= 0.6 is 11.6 Å². The molecule has 1 aromatic rings. The second kappa shape index (κ2) is 9.42. The number of carbonyl (C=O) groups is 3. The highest BCUT2D eigenvalue weighted by Crippen LogP contribution is 2.20. The van der Waals surface area contributed by atoms with Gasteiger partial charge < -0.3 is 15.0 Å². The van der Waals surface area contributed by atoms with Crippen molar-refractivity contribution < 1.29 is 19.1 Å². The minimum absolute atomic E-state index is 0.0615. The largest absolute Gasteiger partial charge is 0.466 e. The maximum absolute atomic E-state index is 12.2. The fourth-order valence-electron chi connectivity index (χ4n) is 2.76. The number of esters is 1. The third kappa shape index (κ3) is 6.05. The Morgan fingerprint density at radius 3 is 2.40 bits per heavy atom. The van der Waals surface area contributed by atoms with Crippen molar-refractivity contribution >= 4 is 35.1 Å². The van der Waals surface area contributed by atoms with E-state index in [0.29, 0.717) is 43.2 Å². The van der Waals surface area contributed by atoms with Crippen LogP contribution in [-0.2, 0) is 19.1 Å². The first kappa shape index (κ1) is 19.2. The van der Waals surface area contributed by atoms with E-state index < -0.39 is 0 Å². The van der Waals surface area contributed by atoms with Gasteiger partial charge in [0.1, 0.15) is 0 Å². The molecule has 7 heteroatoms. The molecule has 0 radical (unpaired) electrons. The van der Waals surface area contributed by atoms with Crippen LogP contribution in [0.3, 0.4) is 0 Å². The summed E-state index contributed by atoms with van der Waals surface area (Å²) in [6.45, 7) is 3.22. The molecule has 0 aliphatic carbocycles. The summed E-state index contributed by atoms with van der Waals surface area (Å²) in [7, 11) is 0. The van der Waals surface area contributed by atoms with Gasteiger partial charge in [0.05, 0.1) is 12.5 Å². The molecular weight excluding hydrogens is 344 g/mol. The lowest BCUT2D eigenvalue weighted by molar-refractivity contribution is -0.151. The van der Waals surface area contributed by atoms with Gasteiger partial charge in [-0.2, -0.15) is 0 Å². The first-order valence-electron chi connectivity index (χ1n) is 8.49. The lowest BCUT2D eigenvalue weighted by atomic mass is 9.96. The van der Waals surface area contributed by atoms with E-state index >= 15 is 0 Å². The number of rotatable bonds is 6. The Hall–Kier alpha value is -2.08. The number of nitrogens with one attached hydrogen (secondary N) is 1. The van der Waals surface area contributed by atoms with Crippen molar-refractivity contribution in [3.63, 3.8) is 0 Å². The summed E-state index contributed by atoms with van der Waals surface area (Å²) in [4.78, 5) is 37.5. The van der Waals surface area contributed by atoms with Crippen LogP contribution in [0.25, 0.3) is 0 Å². The number of likely N-dealkylation sites (tertiary alicyclic amines) is 1. The SMILES string of the molecule is CCOC(=O)C1CCN(C(=O)CCC(=O)Nc2ccc(Cl)cc2)CC1. The van der Waals surface area contributed by atoms with Crippen LogP contribution in [0.1, 0.15) is 32.6 Å². The van der Waals surface area contributed by atoms with E-state index in [4.69, 9.17) is 16.3 Å². The maximum Gasteiger partial charge on any atom is 0.309 e. The zero-order valence-corrected chi connectivity index (χ0v) is 15.1. The molecule has 0 unspecified atom stereocenters. The van der Waals surface area contributed by atoms with E-state index in [2.05, 4.69) is 5.32 Å². The summed E-state index contributed by atoms with van der Waals surface area (Å²) >= 11 is 5.79. The van der Waals surface area contributed by atoms with Gasteiger partial charge in [0.2, 0.25) is 11.8 Å². The fourth-order valence-corrected chi connectivity index (χ4v) is 2.89.